The number of anilines is 1. The van der Waals surface area contributed by atoms with E-state index in [2.05, 4.69) is 15.8 Å². The quantitative estimate of drug-likeness (QED) is 0.199. The first-order valence-corrected chi connectivity index (χ1v) is 9.69. The van der Waals surface area contributed by atoms with Crippen molar-refractivity contribution in [2.75, 3.05) is 5.32 Å². The van der Waals surface area contributed by atoms with E-state index in [1.807, 2.05) is 0 Å². The minimum atomic E-state index is -0.987. The highest BCUT2D eigenvalue weighted by molar-refractivity contribution is 6.39. The molecule has 9 heteroatoms. The number of benzene rings is 3. The Morgan fingerprint density at radius 2 is 1.56 bits per heavy atom. The van der Waals surface area contributed by atoms with Gasteiger partial charge in [-0.25, -0.2) is 14.6 Å². The Kier molecular flexibility index (Phi) is 7.30. The highest BCUT2D eigenvalue weighted by Gasteiger charge is 2.14. The summed E-state index contributed by atoms with van der Waals surface area (Å²) < 4.78 is 18.2. The zero-order valence-electron chi connectivity index (χ0n) is 16.8. The van der Waals surface area contributed by atoms with E-state index in [9.17, 15) is 18.8 Å². The number of hydrogen-bond acceptors (Lipinski definition) is 5. The van der Waals surface area contributed by atoms with Crippen LogP contribution in [0.3, 0.4) is 0 Å². The van der Waals surface area contributed by atoms with Gasteiger partial charge < -0.3 is 10.1 Å². The monoisotopic (exact) mass is 453 g/mol. The van der Waals surface area contributed by atoms with Crippen LogP contribution in [0.1, 0.15) is 22.8 Å². The van der Waals surface area contributed by atoms with Crippen molar-refractivity contribution in [2.45, 2.75) is 6.92 Å². The molecular weight excluding hydrogens is 437 g/mol. The molecule has 32 heavy (non-hydrogen) atoms. The van der Waals surface area contributed by atoms with Crippen LogP contribution < -0.4 is 15.5 Å². The Morgan fingerprint density at radius 3 is 2.22 bits per heavy atom. The maximum atomic E-state index is 12.9. The molecule has 0 radical (unpaired) electrons. The summed E-state index contributed by atoms with van der Waals surface area (Å²) in [6.07, 6.45) is 0. The number of halogens is 2. The SMILES string of the molecule is C/C(=N\NC(=O)C(=O)Nc1ccc(F)cc1)c1ccc(OC(=O)c2ccccc2Cl)cc1. The molecule has 7 nitrogen and oxygen atoms in total. The summed E-state index contributed by atoms with van der Waals surface area (Å²) in [6, 6.07) is 17.9. The van der Waals surface area contributed by atoms with Crippen LogP contribution in [0.2, 0.25) is 5.02 Å². The topological polar surface area (TPSA) is 96.9 Å². The fourth-order valence-corrected chi connectivity index (χ4v) is 2.74. The molecule has 3 rings (SSSR count). The molecular formula is C23H17ClFN3O4. The number of ether oxygens (including phenoxy) is 1. The summed E-state index contributed by atoms with van der Waals surface area (Å²) in [7, 11) is 0. The van der Waals surface area contributed by atoms with Gasteiger partial charge >= 0.3 is 17.8 Å². The lowest BCUT2D eigenvalue weighted by molar-refractivity contribution is -0.136. The zero-order chi connectivity index (χ0) is 23.1. The van der Waals surface area contributed by atoms with Gasteiger partial charge in [-0.3, -0.25) is 9.59 Å². The Hall–Kier alpha value is -4.04. The molecule has 0 spiro atoms. The van der Waals surface area contributed by atoms with Gasteiger partial charge in [0.15, 0.2) is 0 Å². The van der Waals surface area contributed by atoms with Gasteiger partial charge in [-0.2, -0.15) is 5.10 Å². The van der Waals surface area contributed by atoms with Gasteiger partial charge in [0.2, 0.25) is 0 Å². The number of carbonyl (C=O) groups excluding carboxylic acids is 3. The third kappa shape index (κ3) is 5.99. The number of rotatable bonds is 5. The Balaban J connectivity index is 1.57. The van der Waals surface area contributed by atoms with Crippen molar-refractivity contribution in [3.05, 3.63) is 94.8 Å². The molecule has 0 heterocycles. The molecule has 0 saturated carbocycles. The van der Waals surface area contributed by atoms with E-state index in [0.717, 1.165) is 12.1 Å². The van der Waals surface area contributed by atoms with Crippen LogP contribution in [0.25, 0.3) is 0 Å². The lowest BCUT2D eigenvalue weighted by Crippen LogP contribution is -2.32. The molecule has 0 saturated heterocycles. The third-order valence-corrected chi connectivity index (χ3v) is 4.54. The Labute approximate surface area is 187 Å². The van der Waals surface area contributed by atoms with Crippen LogP contribution >= 0.6 is 11.6 Å². The van der Waals surface area contributed by atoms with Crippen molar-refractivity contribution in [3.8, 4) is 5.75 Å². The van der Waals surface area contributed by atoms with Gasteiger partial charge in [-0.1, -0.05) is 23.7 Å². The molecule has 162 valence electrons. The van der Waals surface area contributed by atoms with Gasteiger partial charge in [-0.05, 0) is 73.2 Å². The van der Waals surface area contributed by atoms with Crippen molar-refractivity contribution in [1.29, 1.82) is 0 Å². The minimum absolute atomic E-state index is 0.248. The highest BCUT2D eigenvalue weighted by Crippen LogP contribution is 2.19. The fraction of sp³-hybridized carbons (Fsp3) is 0.0435. The second-order valence-electron chi connectivity index (χ2n) is 6.49. The second-order valence-corrected chi connectivity index (χ2v) is 6.90. The Bertz CT molecular complexity index is 1180. The van der Waals surface area contributed by atoms with Gasteiger partial charge in [0.1, 0.15) is 11.6 Å². The second kappa shape index (κ2) is 10.3. The van der Waals surface area contributed by atoms with Crippen LogP contribution in [0, 0.1) is 5.82 Å². The molecule has 0 atom stereocenters. The molecule has 2 amide bonds. The molecule has 0 aliphatic heterocycles. The molecule has 0 unspecified atom stereocenters. The average molecular weight is 454 g/mol. The largest absolute Gasteiger partial charge is 0.423 e. The van der Waals surface area contributed by atoms with E-state index in [4.69, 9.17) is 16.3 Å². The normalized spacial score (nSPS) is 10.9. The van der Waals surface area contributed by atoms with E-state index in [1.165, 1.54) is 12.1 Å². The van der Waals surface area contributed by atoms with Gasteiger partial charge in [0, 0.05) is 5.69 Å². The van der Waals surface area contributed by atoms with E-state index in [0.29, 0.717) is 17.0 Å². The number of hydrogen-bond donors (Lipinski definition) is 2. The predicted octanol–water partition coefficient (Wildman–Crippen LogP) is 4.18. The first kappa shape index (κ1) is 22.6. The summed E-state index contributed by atoms with van der Waals surface area (Å²) in [5.41, 5.74) is 3.71. The summed E-state index contributed by atoms with van der Waals surface area (Å²) in [6.45, 7) is 1.63. The van der Waals surface area contributed by atoms with Crippen molar-refractivity contribution in [2.24, 2.45) is 5.10 Å². The van der Waals surface area contributed by atoms with E-state index in [-0.39, 0.29) is 16.3 Å². The van der Waals surface area contributed by atoms with Gasteiger partial charge in [-0.15, -0.1) is 0 Å². The molecule has 0 aliphatic rings. The number of esters is 1. The van der Waals surface area contributed by atoms with Crippen molar-refractivity contribution < 1.29 is 23.5 Å². The number of carbonyl (C=O) groups is 3. The van der Waals surface area contributed by atoms with Crippen LogP contribution in [-0.2, 0) is 9.59 Å². The van der Waals surface area contributed by atoms with Crippen LogP contribution in [0.5, 0.6) is 5.75 Å². The third-order valence-electron chi connectivity index (χ3n) is 4.21. The summed E-state index contributed by atoms with van der Waals surface area (Å²) in [5, 5.41) is 6.51. The first-order valence-electron chi connectivity index (χ1n) is 9.32. The van der Waals surface area contributed by atoms with E-state index >= 15 is 0 Å². The van der Waals surface area contributed by atoms with Gasteiger partial charge in [0.05, 0.1) is 16.3 Å². The maximum Gasteiger partial charge on any atom is 0.345 e. The number of amides is 2. The molecule has 0 fully saturated rings. The number of nitrogens with one attached hydrogen (secondary N) is 2. The Morgan fingerprint density at radius 1 is 0.906 bits per heavy atom. The fourth-order valence-electron chi connectivity index (χ4n) is 2.52. The first-order chi connectivity index (χ1) is 15.3. The molecule has 0 aliphatic carbocycles. The van der Waals surface area contributed by atoms with Crippen molar-refractivity contribution in [1.82, 2.24) is 5.43 Å². The summed E-state index contributed by atoms with van der Waals surface area (Å²) in [5.74, 6) is -2.69. The predicted molar refractivity (Wildman–Crippen MR) is 118 cm³/mol. The molecule has 2 N–H and O–H groups in total. The van der Waals surface area contributed by atoms with Crippen LogP contribution in [-0.4, -0.2) is 23.5 Å². The molecule has 0 aromatic heterocycles. The van der Waals surface area contributed by atoms with E-state index < -0.39 is 23.6 Å². The zero-order valence-corrected chi connectivity index (χ0v) is 17.5. The lowest BCUT2D eigenvalue weighted by atomic mass is 10.1. The van der Waals surface area contributed by atoms with Crippen LogP contribution in [0.15, 0.2) is 77.9 Å². The molecule has 0 bridgehead atoms. The lowest BCUT2D eigenvalue weighted by Gasteiger charge is -2.07. The summed E-state index contributed by atoms with van der Waals surface area (Å²) in [4.78, 5) is 36.0. The number of hydrazone groups is 1. The standard InChI is InChI=1S/C23H17ClFN3O4/c1-14(27-28-22(30)21(29)26-17-10-8-16(25)9-11-17)15-6-12-18(13-7-15)32-23(31)19-4-2-3-5-20(19)24/h2-13H,1H3,(H,26,29)(H,28,30)/b27-14+. The number of nitrogens with zero attached hydrogens (tertiary/aromatic N) is 1. The average Bonchev–Trinajstić information content (AvgIpc) is 2.79. The molecule has 3 aromatic carbocycles. The smallest absolute Gasteiger partial charge is 0.345 e. The summed E-state index contributed by atoms with van der Waals surface area (Å²) >= 11 is 5.99. The molecule has 3 aromatic rings. The minimum Gasteiger partial charge on any atom is -0.423 e. The van der Waals surface area contributed by atoms with Crippen molar-refractivity contribution in [3.63, 3.8) is 0 Å². The van der Waals surface area contributed by atoms with Crippen molar-refractivity contribution >= 4 is 40.8 Å². The highest BCUT2D eigenvalue weighted by atomic mass is 35.5. The van der Waals surface area contributed by atoms with E-state index in [1.54, 1.807) is 55.5 Å². The van der Waals surface area contributed by atoms with Crippen LogP contribution in [0.4, 0.5) is 10.1 Å². The maximum absolute atomic E-state index is 12.9. The van der Waals surface area contributed by atoms with Gasteiger partial charge in [0.25, 0.3) is 0 Å².